The minimum atomic E-state index is -0.545. The van der Waals surface area contributed by atoms with E-state index in [9.17, 15) is 18.8 Å². The van der Waals surface area contributed by atoms with Crippen molar-refractivity contribution in [1.29, 1.82) is 0 Å². The van der Waals surface area contributed by atoms with Crippen molar-refractivity contribution < 1.29 is 23.5 Å². The summed E-state index contributed by atoms with van der Waals surface area (Å²) < 4.78 is 17.6. The lowest BCUT2D eigenvalue weighted by Crippen LogP contribution is -2.30. The first-order chi connectivity index (χ1) is 13.5. The maximum Gasteiger partial charge on any atom is 0.337 e. The van der Waals surface area contributed by atoms with Crippen LogP contribution >= 0.6 is 0 Å². The second-order valence-corrected chi connectivity index (χ2v) is 6.23. The summed E-state index contributed by atoms with van der Waals surface area (Å²) in [6.45, 7) is 0.208. The molecule has 1 saturated heterocycles. The van der Waals surface area contributed by atoms with Crippen molar-refractivity contribution in [2.24, 2.45) is 11.0 Å². The number of esters is 1. The molecule has 0 aliphatic carbocycles. The lowest BCUT2D eigenvalue weighted by Gasteiger charge is -2.16. The summed E-state index contributed by atoms with van der Waals surface area (Å²) in [7, 11) is 1.30. The zero-order valence-electron chi connectivity index (χ0n) is 15.1. The molecule has 1 N–H and O–H groups in total. The van der Waals surface area contributed by atoms with Crippen LogP contribution < -0.4 is 10.3 Å². The summed E-state index contributed by atoms with van der Waals surface area (Å²) in [4.78, 5) is 37.3. The Kier molecular flexibility index (Phi) is 5.78. The van der Waals surface area contributed by atoms with E-state index in [0.717, 1.165) is 0 Å². The Morgan fingerprint density at radius 3 is 2.50 bits per heavy atom. The van der Waals surface area contributed by atoms with Crippen molar-refractivity contribution >= 4 is 29.7 Å². The summed E-state index contributed by atoms with van der Waals surface area (Å²) in [6.07, 6.45) is 1.50. The van der Waals surface area contributed by atoms with Gasteiger partial charge < -0.3 is 9.64 Å². The third-order valence-corrected chi connectivity index (χ3v) is 4.35. The summed E-state index contributed by atoms with van der Waals surface area (Å²) in [5.41, 5.74) is 4.07. The van der Waals surface area contributed by atoms with Gasteiger partial charge in [-0.25, -0.2) is 14.6 Å². The Bertz CT molecular complexity index is 910. The number of ether oxygens (including phenoxy) is 1. The zero-order chi connectivity index (χ0) is 20.1. The average molecular weight is 383 g/mol. The van der Waals surface area contributed by atoms with Gasteiger partial charge in [0.05, 0.1) is 24.8 Å². The number of hydrogen-bond acceptors (Lipinski definition) is 5. The molecule has 1 fully saturated rings. The van der Waals surface area contributed by atoms with Gasteiger partial charge in [0.25, 0.3) is 0 Å². The Morgan fingerprint density at radius 2 is 1.86 bits per heavy atom. The van der Waals surface area contributed by atoms with Crippen LogP contribution in [0.15, 0.2) is 53.6 Å². The van der Waals surface area contributed by atoms with Crippen molar-refractivity contribution in [3.05, 3.63) is 65.5 Å². The topological polar surface area (TPSA) is 88.1 Å². The number of halogens is 1. The highest BCUT2D eigenvalue weighted by Crippen LogP contribution is 2.25. The first-order valence-electron chi connectivity index (χ1n) is 8.55. The quantitative estimate of drug-likeness (QED) is 0.487. The van der Waals surface area contributed by atoms with Gasteiger partial charge in [0.15, 0.2) is 0 Å². The van der Waals surface area contributed by atoms with E-state index in [2.05, 4.69) is 15.3 Å². The van der Waals surface area contributed by atoms with Crippen LogP contribution in [0.3, 0.4) is 0 Å². The first kappa shape index (κ1) is 19.2. The van der Waals surface area contributed by atoms with Crippen molar-refractivity contribution in [2.45, 2.75) is 6.42 Å². The van der Waals surface area contributed by atoms with Gasteiger partial charge in [-0.3, -0.25) is 9.59 Å². The second kappa shape index (κ2) is 8.43. The fraction of sp³-hybridized carbons (Fsp3) is 0.200. The van der Waals surface area contributed by atoms with E-state index in [1.54, 1.807) is 24.3 Å². The molecule has 7 nitrogen and oxygen atoms in total. The van der Waals surface area contributed by atoms with Gasteiger partial charge in [-0.1, -0.05) is 12.1 Å². The number of benzene rings is 2. The Morgan fingerprint density at radius 1 is 1.18 bits per heavy atom. The third-order valence-electron chi connectivity index (χ3n) is 4.35. The fourth-order valence-electron chi connectivity index (χ4n) is 2.84. The van der Waals surface area contributed by atoms with Crippen LogP contribution in [0.5, 0.6) is 0 Å². The molecule has 1 heterocycles. The average Bonchev–Trinajstić information content (AvgIpc) is 3.10. The second-order valence-electron chi connectivity index (χ2n) is 6.23. The first-order valence-corrected chi connectivity index (χ1v) is 8.55. The SMILES string of the molecule is COC(=O)c1ccc(C=NNC(=O)C2CC(=O)N(c3ccc(F)cc3)C2)cc1. The molecule has 1 atom stereocenters. The molecule has 0 aromatic heterocycles. The van der Waals surface area contributed by atoms with Gasteiger partial charge in [-0.2, -0.15) is 5.10 Å². The smallest absolute Gasteiger partial charge is 0.337 e. The molecule has 144 valence electrons. The molecule has 0 saturated carbocycles. The molecule has 8 heteroatoms. The van der Waals surface area contributed by atoms with Crippen LogP contribution in [0, 0.1) is 11.7 Å². The maximum atomic E-state index is 13.0. The largest absolute Gasteiger partial charge is 0.465 e. The number of rotatable bonds is 5. The predicted octanol–water partition coefficient (Wildman–Crippen LogP) is 2.12. The van der Waals surface area contributed by atoms with E-state index in [0.29, 0.717) is 16.8 Å². The number of nitrogens with zero attached hydrogens (tertiary/aromatic N) is 2. The van der Waals surface area contributed by atoms with E-state index in [1.165, 1.54) is 42.5 Å². The van der Waals surface area contributed by atoms with E-state index in [4.69, 9.17) is 0 Å². The molecule has 0 radical (unpaired) electrons. The standard InChI is InChI=1S/C20H18FN3O4/c1-28-20(27)14-4-2-13(3-5-14)11-22-23-19(26)15-10-18(25)24(12-15)17-8-6-16(21)7-9-17/h2-9,11,15H,10,12H2,1H3,(H,23,26). The number of anilines is 1. The molecule has 28 heavy (non-hydrogen) atoms. The van der Waals surface area contributed by atoms with Crippen molar-refractivity contribution in [1.82, 2.24) is 5.43 Å². The molecular weight excluding hydrogens is 365 g/mol. The summed E-state index contributed by atoms with van der Waals surface area (Å²) in [6, 6.07) is 12.1. The molecule has 1 aliphatic rings. The molecule has 0 spiro atoms. The normalized spacial score (nSPS) is 16.4. The molecular formula is C20H18FN3O4. The van der Waals surface area contributed by atoms with Crippen LogP contribution in [-0.4, -0.2) is 37.7 Å². The summed E-state index contributed by atoms with van der Waals surface area (Å²) in [5.74, 6) is -1.95. The molecule has 2 aromatic rings. The zero-order valence-corrected chi connectivity index (χ0v) is 15.1. The number of amides is 2. The summed E-state index contributed by atoms with van der Waals surface area (Å²) in [5, 5.41) is 3.90. The van der Waals surface area contributed by atoms with Crippen LogP contribution in [0.2, 0.25) is 0 Å². The molecule has 1 aliphatic heterocycles. The number of carbonyl (C=O) groups excluding carboxylic acids is 3. The third kappa shape index (κ3) is 4.40. The fourth-order valence-corrected chi connectivity index (χ4v) is 2.84. The highest BCUT2D eigenvalue weighted by molar-refractivity contribution is 6.00. The highest BCUT2D eigenvalue weighted by Gasteiger charge is 2.35. The maximum absolute atomic E-state index is 13.0. The Labute approximate surface area is 160 Å². The molecule has 2 aromatic carbocycles. The van der Waals surface area contributed by atoms with Gasteiger partial charge in [0.1, 0.15) is 5.82 Å². The molecule has 1 unspecified atom stereocenters. The van der Waals surface area contributed by atoms with E-state index >= 15 is 0 Å². The minimum Gasteiger partial charge on any atom is -0.465 e. The van der Waals surface area contributed by atoms with Crippen molar-refractivity contribution in [2.75, 3.05) is 18.6 Å². The minimum absolute atomic E-state index is 0.0621. The van der Waals surface area contributed by atoms with Crippen LogP contribution in [0.25, 0.3) is 0 Å². The monoisotopic (exact) mass is 383 g/mol. The van der Waals surface area contributed by atoms with E-state index < -0.39 is 17.7 Å². The predicted molar refractivity (Wildman–Crippen MR) is 100 cm³/mol. The van der Waals surface area contributed by atoms with Gasteiger partial charge in [0, 0.05) is 18.7 Å². The van der Waals surface area contributed by atoms with Crippen LogP contribution in [-0.2, 0) is 14.3 Å². The van der Waals surface area contributed by atoms with E-state index in [-0.39, 0.29) is 24.8 Å². The number of methoxy groups -OCH3 is 1. The van der Waals surface area contributed by atoms with Gasteiger partial charge in [0.2, 0.25) is 11.8 Å². The number of carbonyl (C=O) groups is 3. The van der Waals surface area contributed by atoms with Crippen LogP contribution in [0.4, 0.5) is 10.1 Å². The van der Waals surface area contributed by atoms with Gasteiger partial charge in [-0.15, -0.1) is 0 Å². The number of nitrogens with one attached hydrogen (secondary N) is 1. The summed E-state index contributed by atoms with van der Waals surface area (Å²) >= 11 is 0. The lowest BCUT2D eigenvalue weighted by molar-refractivity contribution is -0.126. The van der Waals surface area contributed by atoms with Gasteiger partial charge >= 0.3 is 5.97 Å². The van der Waals surface area contributed by atoms with Crippen molar-refractivity contribution in [3.63, 3.8) is 0 Å². The van der Waals surface area contributed by atoms with Crippen molar-refractivity contribution in [3.8, 4) is 0 Å². The Balaban J connectivity index is 1.56. The van der Waals surface area contributed by atoms with Gasteiger partial charge in [-0.05, 0) is 42.0 Å². The Hall–Kier alpha value is -3.55. The van der Waals surface area contributed by atoms with E-state index in [1.807, 2.05) is 0 Å². The molecule has 2 amide bonds. The highest BCUT2D eigenvalue weighted by atomic mass is 19.1. The number of hydrogen-bond donors (Lipinski definition) is 1. The van der Waals surface area contributed by atoms with Crippen LogP contribution in [0.1, 0.15) is 22.3 Å². The number of hydrazone groups is 1. The molecule has 3 rings (SSSR count). The lowest BCUT2D eigenvalue weighted by atomic mass is 10.1. The molecule has 0 bridgehead atoms.